The van der Waals surface area contributed by atoms with E-state index in [0.29, 0.717) is 6.04 Å². The van der Waals surface area contributed by atoms with Gasteiger partial charge in [0.1, 0.15) is 6.54 Å². The second-order valence-corrected chi connectivity index (χ2v) is 7.60. The topological polar surface area (TPSA) is 61.7 Å². The van der Waals surface area contributed by atoms with Crippen LogP contribution >= 0.6 is 39.9 Å². The van der Waals surface area contributed by atoms with Crippen molar-refractivity contribution in [2.24, 2.45) is 12.0 Å². The monoisotopic (exact) mass is 539 g/mol. The summed E-state index contributed by atoms with van der Waals surface area (Å²) in [7, 11) is 4.01. The fourth-order valence-electron chi connectivity index (χ4n) is 3.18. The number of carbonyl (C=O) groups excluding carboxylic acids is 1. The first-order valence-electron chi connectivity index (χ1n) is 9.09. The molecule has 0 spiro atoms. The van der Waals surface area contributed by atoms with Gasteiger partial charge in [-0.2, -0.15) is 0 Å². The van der Waals surface area contributed by atoms with Crippen LogP contribution in [-0.4, -0.2) is 47.5 Å². The Morgan fingerprint density at radius 1 is 1.38 bits per heavy atom. The maximum atomic E-state index is 12.2. The number of nitrogens with zero attached hydrogens (tertiary/aromatic N) is 3. The van der Waals surface area contributed by atoms with Crippen molar-refractivity contribution in [3.8, 4) is 0 Å². The van der Waals surface area contributed by atoms with Crippen LogP contribution in [0.3, 0.4) is 0 Å². The van der Waals surface area contributed by atoms with E-state index in [0.717, 1.165) is 36.4 Å². The van der Waals surface area contributed by atoms with Gasteiger partial charge in [0.25, 0.3) is 0 Å². The van der Waals surface area contributed by atoms with E-state index in [-0.39, 0.29) is 36.4 Å². The molecule has 1 amide bonds. The number of rotatable bonds is 6. The Labute approximate surface area is 182 Å². The normalized spacial score (nSPS) is 15.3. The summed E-state index contributed by atoms with van der Waals surface area (Å²) in [6.07, 6.45) is 7.94. The quantitative estimate of drug-likeness (QED) is 0.331. The zero-order valence-electron chi connectivity index (χ0n) is 15.9. The molecule has 2 rings (SSSR count). The van der Waals surface area contributed by atoms with E-state index in [1.807, 2.05) is 32.1 Å². The third kappa shape index (κ3) is 7.46. The summed E-state index contributed by atoms with van der Waals surface area (Å²) in [4.78, 5) is 18.7. The lowest BCUT2D eigenvalue weighted by Gasteiger charge is -2.24. The fraction of sp³-hybridized carbons (Fsp3) is 0.667. The minimum atomic E-state index is 0. The molecule has 1 aromatic heterocycles. The molecule has 2 N–H and O–H groups in total. The number of carbonyl (C=O) groups is 1. The van der Waals surface area contributed by atoms with Gasteiger partial charge in [0.05, 0.1) is 6.54 Å². The van der Waals surface area contributed by atoms with Crippen LogP contribution in [0.4, 0.5) is 0 Å². The first-order valence-corrected chi connectivity index (χ1v) is 9.88. The number of aliphatic imine (C=N–C) groups is 1. The Balaban J connectivity index is 0.00000338. The zero-order valence-corrected chi connectivity index (χ0v) is 19.8. The molecular weight excluding hydrogens is 509 g/mol. The molecule has 6 nitrogen and oxygen atoms in total. The first kappa shape index (κ1) is 23.3. The predicted molar refractivity (Wildman–Crippen MR) is 121 cm³/mol. The van der Waals surface area contributed by atoms with Crippen molar-refractivity contribution in [2.75, 3.05) is 20.1 Å². The number of guanidine groups is 1. The van der Waals surface area contributed by atoms with Crippen LogP contribution in [0.25, 0.3) is 0 Å². The molecule has 0 aliphatic heterocycles. The number of aromatic nitrogens is 1. The van der Waals surface area contributed by atoms with E-state index in [2.05, 4.69) is 42.2 Å². The Bertz CT molecular complexity index is 598. The maximum absolute atomic E-state index is 12.2. The molecule has 0 unspecified atom stereocenters. The summed E-state index contributed by atoms with van der Waals surface area (Å²) in [6, 6.07) is 2.42. The van der Waals surface area contributed by atoms with Gasteiger partial charge in [0.15, 0.2) is 5.96 Å². The Hall–Kier alpha value is -0.770. The van der Waals surface area contributed by atoms with Gasteiger partial charge in [-0.3, -0.25) is 4.79 Å². The lowest BCUT2D eigenvalue weighted by atomic mass is 9.95. The van der Waals surface area contributed by atoms with E-state index in [1.54, 1.807) is 0 Å². The lowest BCUT2D eigenvalue weighted by Crippen LogP contribution is -2.41. The highest BCUT2D eigenvalue weighted by molar-refractivity contribution is 14.0. The molecule has 0 radical (unpaired) electrons. The van der Waals surface area contributed by atoms with Crippen LogP contribution in [0.2, 0.25) is 0 Å². The minimum Gasteiger partial charge on any atom is -0.357 e. The zero-order chi connectivity index (χ0) is 18.2. The highest BCUT2D eigenvalue weighted by Gasteiger charge is 2.16. The second-order valence-electron chi connectivity index (χ2n) is 6.69. The van der Waals surface area contributed by atoms with E-state index >= 15 is 0 Å². The van der Waals surface area contributed by atoms with Crippen molar-refractivity contribution in [2.45, 2.75) is 51.6 Å². The van der Waals surface area contributed by atoms with E-state index in [1.165, 1.54) is 25.0 Å². The largest absolute Gasteiger partial charge is 0.357 e. The van der Waals surface area contributed by atoms with Crippen molar-refractivity contribution in [1.82, 2.24) is 20.1 Å². The number of hydrogen-bond acceptors (Lipinski definition) is 2. The smallest absolute Gasteiger partial charge is 0.242 e. The summed E-state index contributed by atoms with van der Waals surface area (Å²) in [5.41, 5.74) is 1.17. The van der Waals surface area contributed by atoms with Gasteiger partial charge in [-0.05, 0) is 41.8 Å². The van der Waals surface area contributed by atoms with Gasteiger partial charge >= 0.3 is 0 Å². The molecule has 26 heavy (non-hydrogen) atoms. The van der Waals surface area contributed by atoms with Crippen LogP contribution in [0, 0.1) is 0 Å². The number of nitrogens with one attached hydrogen (secondary N) is 2. The standard InChI is InChI=1S/C18H30BrN5O.HI/c1-4-20-18(24(3)13-16-10-14(19)12-23(16)2)21-11-17(25)22-15-8-6-5-7-9-15;/h10,12,15H,4-9,11,13H2,1-3H3,(H,20,21)(H,22,25);1H. The number of amides is 1. The summed E-state index contributed by atoms with van der Waals surface area (Å²) in [6.45, 7) is 3.69. The molecule has 1 fully saturated rings. The fourth-order valence-corrected chi connectivity index (χ4v) is 3.75. The number of halogens is 2. The van der Waals surface area contributed by atoms with E-state index < -0.39 is 0 Å². The molecule has 1 heterocycles. The van der Waals surface area contributed by atoms with E-state index in [9.17, 15) is 4.79 Å². The highest BCUT2D eigenvalue weighted by atomic mass is 127. The van der Waals surface area contributed by atoms with Crippen molar-refractivity contribution < 1.29 is 4.79 Å². The predicted octanol–water partition coefficient (Wildman–Crippen LogP) is 3.25. The Kier molecular flexibility index (Phi) is 10.6. The molecule has 0 saturated heterocycles. The van der Waals surface area contributed by atoms with Gasteiger partial charge in [-0.1, -0.05) is 19.3 Å². The minimum absolute atomic E-state index is 0. The summed E-state index contributed by atoms with van der Waals surface area (Å²) < 4.78 is 3.15. The maximum Gasteiger partial charge on any atom is 0.242 e. The molecule has 0 bridgehead atoms. The van der Waals surface area contributed by atoms with Gasteiger partial charge in [-0.15, -0.1) is 24.0 Å². The van der Waals surface area contributed by atoms with Gasteiger partial charge < -0.3 is 20.1 Å². The van der Waals surface area contributed by atoms with E-state index in [4.69, 9.17) is 0 Å². The van der Waals surface area contributed by atoms with Crippen LogP contribution in [0.5, 0.6) is 0 Å². The van der Waals surface area contributed by atoms with Crippen LogP contribution in [0.15, 0.2) is 21.7 Å². The average molecular weight is 540 g/mol. The molecule has 1 aromatic rings. The third-order valence-corrected chi connectivity index (χ3v) is 4.95. The molecule has 1 aliphatic carbocycles. The average Bonchev–Trinajstić information content (AvgIpc) is 2.89. The molecule has 148 valence electrons. The molecule has 0 aromatic carbocycles. The Morgan fingerprint density at radius 2 is 2.08 bits per heavy atom. The molecular formula is C18H31BrIN5O. The van der Waals surface area contributed by atoms with Crippen molar-refractivity contribution in [1.29, 1.82) is 0 Å². The van der Waals surface area contributed by atoms with Crippen LogP contribution in [0.1, 0.15) is 44.7 Å². The van der Waals surface area contributed by atoms with Crippen molar-refractivity contribution in [3.05, 3.63) is 22.4 Å². The summed E-state index contributed by atoms with van der Waals surface area (Å²) in [5.74, 6) is 0.760. The van der Waals surface area contributed by atoms with Crippen molar-refractivity contribution >= 4 is 51.8 Å². The first-order chi connectivity index (χ1) is 12.0. The summed E-state index contributed by atoms with van der Waals surface area (Å²) in [5, 5.41) is 6.38. The second kappa shape index (κ2) is 11.8. The van der Waals surface area contributed by atoms with Gasteiger partial charge in [0.2, 0.25) is 5.91 Å². The highest BCUT2D eigenvalue weighted by Crippen LogP contribution is 2.17. The molecule has 0 atom stereocenters. The SMILES string of the molecule is CCNC(=NCC(=O)NC1CCCCC1)N(C)Cc1cc(Br)cn1C.I. The summed E-state index contributed by atoms with van der Waals surface area (Å²) >= 11 is 3.50. The van der Waals surface area contributed by atoms with Gasteiger partial charge in [0, 0.05) is 43.0 Å². The van der Waals surface area contributed by atoms with Crippen LogP contribution < -0.4 is 10.6 Å². The third-order valence-electron chi connectivity index (χ3n) is 4.51. The number of hydrogen-bond donors (Lipinski definition) is 2. The van der Waals surface area contributed by atoms with Crippen LogP contribution in [-0.2, 0) is 18.4 Å². The Morgan fingerprint density at radius 3 is 2.65 bits per heavy atom. The molecule has 8 heteroatoms. The van der Waals surface area contributed by atoms with Crippen molar-refractivity contribution in [3.63, 3.8) is 0 Å². The van der Waals surface area contributed by atoms with Gasteiger partial charge in [-0.25, -0.2) is 4.99 Å². The molecule has 1 saturated carbocycles. The number of aryl methyl sites for hydroxylation is 1. The lowest BCUT2D eigenvalue weighted by molar-refractivity contribution is -0.120. The molecule has 1 aliphatic rings.